The van der Waals surface area contributed by atoms with E-state index in [-0.39, 0.29) is 32.7 Å². The van der Waals surface area contributed by atoms with Crippen LogP contribution in [0.5, 0.6) is 11.5 Å². The molecule has 0 amide bonds. The summed E-state index contributed by atoms with van der Waals surface area (Å²) in [5, 5.41) is 38.1. The van der Waals surface area contributed by atoms with Crippen LogP contribution in [0.3, 0.4) is 0 Å². The van der Waals surface area contributed by atoms with Crippen molar-refractivity contribution in [3.05, 3.63) is 71.1 Å². The molecule has 0 aliphatic rings. The molecule has 0 N–H and O–H groups in total. The predicted octanol–water partition coefficient (Wildman–Crippen LogP) is 5.21. The highest BCUT2D eigenvalue weighted by molar-refractivity contribution is 5.85. The van der Waals surface area contributed by atoms with Gasteiger partial charge in [-0.15, -0.1) is 26.3 Å². The van der Waals surface area contributed by atoms with Gasteiger partial charge in [0, 0.05) is 10.4 Å². The molecule has 38 heavy (non-hydrogen) atoms. The number of ether oxygens (including phenoxy) is 2. The number of rotatable bonds is 4. The summed E-state index contributed by atoms with van der Waals surface area (Å²) in [4.78, 5) is 0. The molecule has 0 radical (unpaired) electrons. The van der Waals surface area contributed by atoms with Crippen LogP contribution < -0.4 is 19.9 Å². The topological polar surface area (TPSA) is 114 Å². The summed E-state index contributed by atoms with van der Waals surface area (Å²) in [5.74, 6) is -1.07. The fourth-order valence-corrected chi connectivity index (χ4v) is 3.45. The molecule has 12 heteroatoms. The van der Waals surface area contributed by atoms with Gasteiger partial charge >= 0.3 is 12.7 Å². The van der Waals surface area contributed by atoms with E-state index in [1.165, 1.54) is 36.4 Å². The Morgan fingerprint density at radius 3 is 1.05 bits per heavy atom. The SMILES string of the molecule is N#CC(C#N)=c1cc(-c2ccc(OC(F)(F)F)cc2)c(=C(C#N)C#N)cc1-c1ccc(OC(F)(F)F)cc1. The van der Waals surface area contributed by atoms with E-state index in [0.717, 1.165) is 24.3 Å². The van der Waals surface area contributed by atoms with Crippen LogP contribution in [0.1, 0.15) is 0 Å². The third kappa shape index (κ3) is 6.40. The minimum Gasteiger partial charge on any atom is -0.406 e. The second-order valence-corrected chi connectivity index (χ2v) is 7.28. The van der Waals surface area contributed by atoms with E-state index < -0.39 is 35.4 Å². The van der Waals surface area contributed by atoms with Crippen LogP contribution >= 0.6 is 0 Å². The van der Waals surface area contributed by atoms with Crippen molar-refractivity contribution in [1.29, 1.82) is 21.0 Å². The number of hydrogen-bond acceptors (Lipinski definition) is 6. The molecule has 188 valence electrons. The number of nitrogens with zero attached hydrogens (tertiary/aromatic N) is 4. The zero-order valence-electron chi connectivity index (χ0n) is 18.6. The van der Waals surface area contributed by atoms with Gasteiger partial charge < -0.3 is 9.47 Å². The number of benzene rings is 3. The Morgan fingerprint density at radius 2 is 0.816 bits per heavy atom. The lowest BCUT2D eigenvalue weighted by atomic mass is 9.92. The van der Waals surface area contributed by atoms with E-state index in [9.17, 15) is 47.4 Å². The molecule has 6 nitrogen and oxygen atoms in total. The van der Waals surface area contributed by atoms with Gasteiger partial charge in [0.2, 0.25) is 0 Å². The zero-order chi connectivity index (χ0) is 28.1. The molecule has 0 unspecified atom stereocenters. The number of alkyl halides is 6. The quantitative estimate of drug-likeness (QED) is 0.433. The summed E-state index contributed by atoms with van der Waals surface area (Å²) in [6.45, 7) is 0. The molecule has 0 aromatic heterocycles. The molecule has 0 saturated carbocycles. The minimum atomic E-state index is -4.94. The van der Waals surface area contributed by atoms with Crippen molar-refractivity contribution < 1.29 is 35.8 Å². The molecule has 0 heterocycles. The molecule has 0 aliphatic heterocycles. The first-order valence-corrected chi connectivity index (χ1v) is 10.1. The van der Waals surface area contributed by atoms with Crippen molar-refractivity contribution in [2.45, 2.75) is 12.7 Å². The van der Waals surface area contributed by atoms with Crippen LogP contribution in [-0.4, -0.2) is 12.7 Å². The van der Waals surface area contributed by atoms with Crippen molar-refractivity contribution in [3.63, 3.8) is 0 Å². The number of hydrogen-bond donors (Lipinski definition) is 0. The maximum atomic E-state index is 12.5. The molecule has 3 aromatic carbocycles. The Hall–Kier alpha value is -5.46. The highest BCUT2D eigenvalue weighted by Gasteiger charge is 2.31. The molecular weight excluding hydrogens is 514 g/mol. The van der Waals surface area contributed by atoms with Gasteiger partial charge in [0.1, 0.15) is 46.9 Å². The van der Waals surface area contributed by atoms with Gasteiger partial charge in [-0.05, 0) is 58.7 Å². The molecule has 0 fully saturated rings. The van der Waals surface area contributed by atoms with Gasteiger partial charge in [-0.25, -0.2) is 0 Å². The molecule has 0 spiro atoms. The molecule has 0 bridgehead atoms. The van der Waals surface area contributed by atoms with Crippen molar-refractivity contribution >= 4 is 11.1 Å². The van der Waals surface area contributed by atoms with Crippen LogP contribution in [0.25, 0.3) is 33.4 Å². The van der Waals surface area contributed by atoms with Crippen LogP contribution in [0.4, 0.5) is 26.3 Å². The van der Waals surface area contributed by atoms with E-state index in [2.05, 4.69) is 9.47 Å². The average Bonchev–Trinajstić information content (AvgIpc) is 2.85. The Labute approximate surface area is 210 Å². The molecule has 3 aromatic rings. The largest absolute Gasteiger partial charge is 0.573 e. The zero-order valence-corrected chi connectivity index (χ0v) is 18.6. The van der Waals surface area contributed by atoms with E-state index in [1.54, 1.807) is 24.3 Å². The van der Waals surface area contributed by atoms with Gasteiger partial charge in [0.05, 0.1) is 0 Å². The predicted molar refractivity (Wildman–Crippen MR) is 119 cm³/mol. The van der Waals surface area contributed by atoms with Crippen molar-refractivity contribution in [1.82, 2.24) is 0 Å². The lowest BCUT2D eigenvalue weighted by Gasteiger charge is -2.12. The molecule has 0 atom stereocenters. The van der Waals surface area contributed by atoms with Crippen LogP contribution in [0, 0.1) is 45.3 Å². The summed E-state index contributed by atoms with van der Waals surface area (Å²) < 4.78 is 82.9. The second kappa shape index (κ2) is 10.7. The van der Waals surface area contributed by atoms with Gasteiger partial charge in [0.25, 0.3) is 0 Å². The Morgan fingerprint density at radius 1 is 0.526 bits per heavy atom. The highest BCUT2D eigenvalue weighted by atomic mass is 19.4. The first kappa shape index (κ1) is 27.1. The van der Waals surface area contributed by atoms with Gasteiger partial charge in [-0.3, -0.25) is 0 Å². The number of nitriles is 4. The van der Waals surface area contributed by atoms with E-state index in [0.29, 0.717) is 0 Å². The molecule has 0 saturated heterocycles. The lowest BCUT2D eigenvalue weighted by molar-refractivity contribution is -0.275. The molecular formula is C26H10F6N4O2. The summed E-state index contributed by atoms with van der Waals surface area (Å²) >= 11 is 0. The van der Waals surface area contributed by atoms with E-state index in [4.69, 9.17) is 0 Å². The standard InChI is InChI=1S/C26H10F6N4O2/c27-25(28,29)37-19-5-1-15(2-6-19)21-9-24(18(13-35)14-36)22(10-23(21)17(11-33)12-34)16-3-7-20(8-4-16)38-26(30,31)32/h1-10H. The third-order valence-corrected chi connectivity index (χ3v) is 4.94. The summed E-state index contributed by atoms with van der Waals surface area (Å²) in [7, 11) is 0. The summed E-state index contributed by atoms with van der Waals surface area (Å²) in [6.07, 6.45) is -9.87. The maximum absolute atomic E-state index is 12.5. The lowest BCUT2D eigenvalue weighted by Crippen LogP contribution is -2.19. The normalized spacial score (nSPS) is 10.8. The average molecular weight is 524 g/mol. The van der Waals surface area contributed by atoms with Crippen molar-refractivity contribution in [3.8, 4) is 58.0 Å². The van der Waals surface area contributed by atoms with Crippen LogP contribution in [0.15, 0.2) is 60.7 Å². The monoisotopic (exact) mass is 524 g/mol. The van der Waals surface area contributed by atoms with Gasteiger partial charge in [-0.1, -0.05) is 24.3 Å². The summed E-state index contributed by atoms with van der Waals surface area (Å²) in [6, 6.07) is 18.3. The Kier molecular flexibility index (Phi) is 7.61. The van der Waals surface area contributed by atoms with E-state index >= 15 is 0 Å². The Balaban J connectivity index is 2.34. The molecule has 0 aliphatic carbocycles. The first-order valence-electron chi connectivity index (χ1n) is 10.1. The second-order valence-electron chi connectivity index (χ2n) is 7.28. The first-order chi connectivity index (χ1) is 17.9. The van der Waals surface area contributed by atoms with Gasteiger partial charge in [0.15, 0.2) is 0 Å². The fourth-order valence-electron chi connectivity index (χ4n) is 3.45. The minimum absolute atomic E-state index is 0.00378. The van der Waals surface area contributed by atoms with Crippen molar-refractivity contribution in [2.75, 3.05) is 0 Å². The van der Waals surface area contributed by atoms with Crippen molar-refractivity contribution in [2.24, 2.45) is 0 Å². The number of halogens is 6. The van der Waals surface area contributed by atoms with Crippen LogP contribution in [0.2, 0.25) is 0 Å². The third-order valence-electron chi connectivity index (χ3n) is 4.94. The summed E-state index contributed by atoms with van der Waals surface area (Å²) in [5.41, 5.74) is -0.128. The van der Waals surface area contributed by atoms with E-state index in [1.807, 2.05) is 0 Å². The fraction of sp³-hybridized carbons (Fsp3) is 0.0769. The highest BCUT2D eigenvalue weighted by Crippen LogP contribution is 2.28. The Bertz CT molecular complexity index is 1500. The van der Waals surface area contributed by atoms with Gasteiger partial charge in [-0.2, -0.15) is 21.0 Å². The maximum Gasteiger partial charge on any atom is 0.573 e. The molecule has 3 rings (SSSR count). The van der Waals surface area contributed by atoms with Crippen LogP contribution in [-0.2, 0) is 0 Å². The smallest absolute Gasteiger partial charge is 0.406 e.